The van der Waals surface area contributed by atoms with Crippen LogP contribution in [0.4, 0.5) is 5.69 Å². The number of benzene rings is 1. The minimum atomic E-state index is -3.32. The number of carboxylic acids is 1. The molecule has 9 heteroatoms. The highest BCUT2D eigenvalue weighted by Crippen LogP contribution is 2.31. The number of anilines is 1. The van der Waals surface area contributed by atoms with Crippen LogP contribution in [0.25, 0.3) is 0 Å². The molecule has 0 radical (unpaired) electrons. The molecule has 1 atom stereocenters. The quantitative estimate of drug-likeness (QED) is 0.821. The Balaban J connectivity index is 1.77. The van der Waals surface area contributed by atoms with Crippen molar-refractivity contribution >= 4 is 27.6 Å². The third-order valence-electron chi connectivity index (χ3n) is 4.41. The molecule has 2 heterocycles. The van der Waals surface area contributed by atoms with Crippen LogP contribution >= 0.6 is 0 Å². The van der Waals surface area contributed by atoms with Crippen LogP contribution in [0.5, 0.6) is 0 Å². The first kappa shape index (κ1) is 17.7. The minimum absolute atomic E-state index is 0.142. The molecule has 1 N–H and O–H groups in total. The van der Waals surface area contributed by atoms with Gasteiger partial charge in [0.15, 0.2) is 0 Å². The Morgan fingerprint density at radius 1 is 1.32 bits per heavy atom. The molecule has 136 valence electrons. The minimum Gasteiger partial charge on any atom is -0.481 e. The SMILES string of the molecule is CS(=O)(=O)N1CCc2cc(C(=O)N3CCO[C@H](CC(=O)O)C3)ccc21. The van der Waals surface area contributed by atoms with Crippen molar-refractivity contribution in [2.75, 3.05) is 36.8 Å². The molecule has 8 nitrogen and oxygen atoms in total. The normalized spacial score (nSPS) is 20.4. The summed E-state index contributed by atoms with van der Waals surface area (Å²) < 4.78 is 30.3. The molecular weight excluding hydrogens is 348 g/mol. The Labute approximate surface area is 146 Å². The van der Waals surface area contributed by atoms with E-state index in [0.717, 1.165) is 11.8 Å². The number of carboxylic acid groups (broad SMARTS) is 1. The highest BCUT2D eigenvalue weighted by atomic mass is 32.2. The second-order valence-electron chi connectivity index (χ2n) is 6.27. The number of fused-ring (bicyclic) bond motifs is 1. The Bertz CT molecular complexity index is 807. The van der Waals surface area contributed by atoms with E-state index in [1.54, 1.807) is 23.1 Å². The summed E-state index contributed by atoms with van der Waals surface area (Å²) in [7, 11) is -3.32. The maximum Gasteiger partial charge on any atom is 0.306 e. The zero-order valence-electron chi connectivity index (χ0n) is 13.8. The summed E-state index contributed by atoms with van der Waals surface area (Å²) >= 11 is 0. The van der Waals surface area contributed by atoms with Gasteiger partial charge in [-0.3, -0.25) is 13.9 Å². The molecule has 1 amide bonds. The molecule has 1 fully saturated rings. The van der Waals surface area contributed by atoms with Gasteiger partial charge in [-0.1, -0.05) is 0 Å². The maximum atomic E-state index is 12.7. The van der Waals surface area contributed by atoms with E-state index < -0.39 is 22.1 Å². The fourth-order valence-electron chi connectivity index (χ4n) is 3.25. The van der Waals surface area contributed by atoms with Crippen LogP contribution in [0.2, 0.25) is 0 Å². The number of morpholine rings is 1. The predicted molar refractivity (Wildman–Crippen MR) is 90.2 cm³/mol. The Kier molecular flexibility index (Phi) is 4.70. The Morgan fingerprint density at radius 3 is 2.76 bits per heavy atom. The molecule has 0 saturated carbocycles. The van der Waals surface area contributed by atoms with E-state index in [2.05, 4.69) is 0 Å². The van der Waals surface area contributed by atoms with Gasteiger partial charge in [0.1, 0.15) is 0 Å². The van der Waals surface area contributed by atoms with E-state index in [4.69, 9.17) is 9.84 Å². The molecule has 1 aromatic carbocycles. The van der Waals surface area contributed by atoms with Crippen LogP contribution in [0, 0.1) is 0 Å². The third-order valence-corrected chi connectivity index (χ3v) is 5.59. The fourth-order valence-corrected chi connectivity index (χ4v) is 4.21. The van der Waals surface area contributed by atoms with E-state index in [1.807, 2.05) is 0 Å². The third kappa shape index (κ3) is 3.77. The van der Waals surface area contributed by atoms with Gasteiger partial charge in [-0.05, 0) is 30.2 Å². The van der Waals surface area contributed by atoms with Crippen molar-refractivity contribution in [2.24, 2.45) is 0 Å². The maximum absolute atomic E-state index is 12.7. The number of carbonyl (C=O) groups is 2. The van der Waals surface area contributed by atoms with Gasteiger partial charge in [-0.25, -0.2) is 8.42 Å². The molecule has 1 aromatic rings. The van der Waals surface area contributed by atoms with Crippen LogP contribution < -0.4 is 4.31 Å². The van der Waals surface area contributed by atoms with Gasteiger partial charge in [0.2, 0.25) is 10.0 Å². The number of aliphatic carboxylic acids is 1. The second-order valence-corrected chi connectivity index (χ2v) is 8.18. The van der Waals surface area contributed by atoms with Crippen LogP contribution in [0.3, 0.4) is 0 Å². The molecule has 3 rings (SSSR count). The number of sulfonamides is 1. The fraction of sp³-hybridized carbons (Fsp3) is 0.500. The summed E-state index contributed by atoms with van der Waals surface area (Å²) in [5, 5.41) is 8.87. The molecule has 0 spiro atoms. The first-order valence-electron chi connectivity index (χ1n) is 7.99. The molecule has 2 aliphatic heterocycles. The molecule has 0 aliphatic carbocycles. The van der Waals surface area contributed by atoms with Gasteiger partial charge in [-0.15, -0.1) is 0 Å². The van der Waals surface area contributed by atoms with E-state index in [9.17, 15) is 18.0 Å². The summed E-state index contributed by atoms with van der Waals surface area (Å²) in [6, 6.07) is 5.00. The number of hydrogen-bond donors (Lipinski definition) is 1. The smallest absolute Gasteiger partial charge is 0.306 e. The van der Waals surface area contributed by atoms with Gasteiger partial charge in [0.25, 0.3) is 5.91 Å². The average Bonchev–Trinajstić information content (AvgIpc) is 2.97. The number of carbonyl (C=O) groups excluding carboxylic acids is 1. The van der Waals surface area contributed by atoms with Crippen LogP contribution in [-0.2, 0) is 26.0 Å². The number of ether oxygens (including phenoxy) is 1. The summed E-state index contributed by atoms with van der Waals surface area (Å²) in [4.78, 5) is 25.1. The Morgan fingerprint density at radius 2 is 2.08 bits per heavy atom. The zero-order valence-corrected chi connectivity index (χ0v) is 14.7. The molecule has 25 heavy (non-hydrogen) atoms. The summed E-state index contributed by atoms with van der Waals surface area (Å²) in [5.74, 6) is -1.16. The van der Waals surface area contributed by atoms with E-state index in [0.29, 0.717) is 37.4 Å². The number of nitrogens with zero attached hydrogens (tertiary/aromatic N) is 2. The molecule has 0 unspecified atom stereocenters. The molecule has 0 aromatic heterocycles. The van der Waals surface area contributed by atoms with Crippen molar-refractivity contribution < 1.29 is 27.9 Å². The lowest BCUT2D eigenvalue weighted by atomic mass is 10.1. The van der Waals surface area contributed by atoms with Crippen molar-refractivity contribution in [2.45, 2.75) is 18.9 Å². The lowest BCUT2D eigenvalue weighted by Gasteiger charge is -2.32. The van der Waals surface area contributed by atoms with Gasteiger partial charge in [-0.2, -0.15) is 0 Å². The highest BCUT2D eigenvalue weighted by Gasteiger charge is 2.29. The van der Waals surface area contributed by atoms with Crippen molar-refractivity contribution in [3.63, 3.8) is 0 Å². The average molecular weight is 368 g/mol. The van der Waals surface area contributed by atoms with Gasteiger partial charge in [0, 0.05) is 25.2 Å². The van der Waals surface area contributed by atoms with Crippen LogP contribution in [-0.4, -0.2) is 68.9 Å². The van der Waals surface area contributed by atoms with Crippen molar-refractivity contribution in [1.29, 1.82) is 0 Å². The van der Waals surface area contributed by atoms with E-state index >= 15 is 0 Å². The molecule has 0 bridgehead atoms. The van der Waals surface area contributed by atoms with E-state index in [1.165, 1.54) is 4.31 Å². The number of hydrogen-bond acceptors (Lipinski definition) is 5. The monoisotopic (exact) mass is 368 g/mol. The first-order chi connectivity index (χ1) is 11.8. The molecule has 1 saturated heterocycles. The van der Waals surface area contributed by atoms with Crippen LogP contribution in [0.1, 0.15) is 22.3 Å². The van der Waals surface area contributed by atoms with Crippen molar-refractivity contribution in [3.05, 3.63) is 29.3 Å². The summed E-state index contributed by atoms with van der Waals surface area (Å²) in [6.45, 7) is 1.32. The predicted octanol–water partition coefficient (Wildman–Crippen LogP) is 0.324. The summed E-state index contributed by atoms with van der Waals surface area (Å²) in [6.07, 6.45) is 1.08. The van der Waals surface area contributed by atoms with Crippen molar-refractivity contribution in [3.8, 4) is 0 Å². The molecule has 2 aliphatic rings. The van der Waals surface area contributed by atoms with Gasteiger partial charge in [0.05, 0.1) is 31.1 Å². The Hall–Kier alpha value is -2.13. The number of amides is 1. The zero-order chi connectivity index (χ0) is 18.2. The van der Waals surface area contributed by atoms with Crippen molar-refractivity contribution in [1.82, 2.24) is 4.90 Å². The van der Waals surface area contributed by atoms with Crippen LogP contribution in [0.15, 0.2) is 18.2 Å². The summed E-state index contributed by atoms with van der Waals surface area (Å²) in [5.41, 5.74) is 1.92. The highest BCUT2D eigenvalue weighted by molar-refractivity contribution is 7.92. The van der Waals surface area contributed by atoms with Gasteiger partial charge >= 0.3 is 5.97 Å². The number of rotatable bonds is 4. The lowest BCUT2D eigenvalue weighted by Crippen LogP contribution is -2.46. The lowest BCUT2D eigenvalue weighted by molar-refractivity contribution is -0.141. The van der Waals surface area contributed by atoms with E-state index in [-0.39, 0.29) is 18.9 Å². The topological polar surface area (TPSA) is 104 Å². The largest absolute Gasteiger partial charge is 0.481 e. The van der Waals surface area contributed by atoms with Gasteiger partial charge < -0.3 is 14.7 Å². The standard InChI is InChI=1S/C16H20N2O6S/c1-25(22,23)18-5-4-11-8-12(2-3-14(11)18)16(21)17-6-7-24-13(10-17)9-15(19)20/h2-3,8,13H,4-7,9-10H2,1H3,(H,19,20)/t13-/m1/s1. The molecular formula is C16H20N2O6S. The second kappa shape index (κ2) is 6.64. The first-order valence-corrected chi connectivity index (χ1v) is 9.84.